The third-order valence-corrected chi connectivity index (χ3v) is 5.20. The quantitative estimate of drug-likeness (QED) is 0.739. The highest BCUT2D eigenvalue weighted by molar-refractivity contribution is 5.81. The first kappa shape index (κ1) is 20.4. The van der Waals surface area contributed by atoms with Gasteiger partial charge in [0.2, 0.25) is 0 Å². The Morgan fingerprint density at radius 2 is 1.75 bits per heavy atom. The summed E-state index contributed by atoms with van der Waals surface area (Å²) in [5.74, 6) is 0.693. The van der Waals surface area contributed by atoms with Gasteiger partial charge in [-0.1, -0.05) is 37.3 Å². The first-order valence-electron chi connectivity index (χ1n) is 10.4. The van der Waals surface area contributed by atoms with Gasteiger partial charge in [-0.2, -0.15) is 0 Å². The Morgan fingerprint density at radius 3 is 2.43 bits per heavy atom. The summed E-state index contributed by atoms with van der Waals surface area (Å²) in [5, 5.41) is 3.04. The van der Waals surface area contributed by atoms with Crippen LogP contribution in [0, 0.1) is 13.8 Å². The molecule has 28 heavy (non-hydrogen) atoms. The standard InChI is InChI=1S/C24H32N2O2/c1-4-23(28-22-13-18(2)12-19(3)14-22)24(27)25-16-20-8-7-9-21(15-20)17-26-10-5-6-11-26/h7-9,12-15,23H,4-6,10-11,16-17H2,1-3H3,(H,25,27)/t23-/m1/s1. The minimum absolute atomic E-state index is 0.0633. The summed E-state index contributed by atoms with van der Waals surface area (Å²) in [6.07, 6.45) is 2.76. The molecule has 150 valence electrons. The lowest BCUT2D eigenvalue weighted by atomic mass is 10.1. The van der Waals surface area contributed by atoms with Crippen LogP contribution in [0.4, 0.5) is 0 Å². The Labute approximate surface area is 168 Å². The van der Waals surface area contributed by atoms with Crippen molar-refractivity contribution in [3.8, 4) is 5.75 Å². The molecule has 2 aromatic carbocycles. The number of carbonyl (C=O) groups excluding carboxylic acids is 1. The molecule has 0 bridgehead atoms. The first-order chi connectivity index (χ1) is 13.5. The van der Waals surface area contributed by atoms with E-state index in [0.29, 0.717) is 13.0 Å². The largest absolute Gasteiger partial charge is 0.481 e. The molecule has 1 heterocycles. The van der Waals surface area contributed by atoms with Crippen LogP contribution >= 0.6 is 0 Å². The van der Waals surface area contributed by atoms with Gasteiger partial charge in [0, 0.05) is 13.1 Å². The number of hydrogen-bond acceptors (Lipinski definition) is 3. The van der Waals surface area contributed by atoms with E-state index >= 15 is 0 Å². The molecule has 1 aliphatic rings. The molecule has 1 atom stereocenters. The maximum Gasteiger partial charge on any atom is 0.261 e. The topological polar surface area (TPSA) is 41.6 Å². The summed E-state index contributed by atoms with van der Waals surface area (Å²) in [6.45, 7) is 9.95. The van der Waals surface area contributed by atoms with Crippen LogP contribution in [0.5, 0.6) is 5.75 Å². The van der Waals surface area contributed by atoms with Gasteiger partial charge >= 0.3 is 0 Å². The smallest absolute Gasteiger partial charge is 0.261 e. The monoisotopic (exact) mass is 380 g/mol. The molecule has 0 unspecified atom stereocenters. The molecule has 1 fully saturated rings. The average molecular weight is 381 g/mol. The lowest BCUT2D eigenvalue weighted by molar-refractivity contribution is -0.128. The van der Waals surface area contributed by atoms with E-state index in [2.05, 4.69) is 40.5 Å². The number of aryl methyl sites for hydroxylation is 2. The number of amides is 1. The summed E-state index contributed by atoms with van der Waals surface area (Å²) in [5.41, 5.74) is 4.72. The summed E-state index contributed by atoms with van der Waals surface area (Å²) < 4.78 is 5.97. The van der Waals surface area contributed by atoms with Gasteiger partial charge in [0.05, 0.1) is 0 Å². The number of nitrogens with one attached hydrogen (secondary N) is 1. The molecule has 4 heteroatoms. The zero-order valence-corrected chi connectivity index (χ0v) is 17.3. The zero-order chi connectivity index (χ0) is 19.9. The van der Waals surface area contributed by atoms with Crippen LogP contribution in [0.25, 0.3) is 0 Å². The third-order valence-electron chi connectivity index (χ3n) is 5.20. The van der Waals surface area contributed by atoms with E-state index in [9.17, 15) is 4.79 Å². The van der Waals surface area contributed by atoms with Crippen molar-refractivity contribution in [2.75, 3.05) is 13.1 Å². The Kier molecular flexibility index (Phi) is 7.10. The molecule has 0 aliphatic carbocycles. The van der Waals surface area contributed by atoms with Crippen molar-refractivity contribution in [2.45, 2.75) is 59.2 Å². The van der Waals surface area contributed by atoms with Gasteiger partial charge in [-0.15, -0.1) is 0 Å². The minimum Gasteiger partial charge on any atom is -0.481 e. The molecule has 0 aromatic heterocycles. The van der Waals surface area contributed by atoms with Gasteiger partial charge < -0.3 is 10.1 Å². The van der Waals surface area contributed by atoms with Crippen molar-refractivity contribution in [2.24, 2.45) is 0 Å². The predicted octanol–water partition coefficient (Wildman–Crippen LogP) is 4.37. The maximum absolute atomic E-state index is 12.6. The van der Waals surface area contributed by atoms with Crippen molar-refractivity contribution in [1.29, 1.82) is 0 Å². The van der Waals surface area contributed by atoms with Gasteiger partial charge in [-0.3, -0.25) is 9.69 Å². The lowest BCUT2D eigenvalue weighted by Crippen LogP contribution is -2.37. The molecule has 4 nitrogen and oxygen atoms in total. The summed E-state index contributed by atoms with van der Waals surface area (Å²) in [6, 6.07) is 14.6. The SMILES string of the molecule is CC[C@@H](Oc1cc(C)cc(C)c1)C(=O)NCc1cccc(CN2CCCC2)c1. The molecule has 1 aliphatic heterocycles. The summed E-state index contributed by atoms with van der Waals surface area (Å²) in [7, 11) is 0. The van der Waals surface area contributed by atoms with E-state index in [1.165, 1.54) is 31.5 Å². The number of carbonyl (C=O) groups is 1. The fourth-order valence-corrected chi connectivity index (χ4v) is 3.83. The van der Waals surface area contributed by atoms with E-state index in [1.807, 2.05) is 32.9 Å². The molecular weight excluding hydrogens is 348 g/mol. The number of likely N-dealkylation sites (tertiary alicyclic amines) is 1. The van der Waals surface area contributed by atoms with Crippen LogP contribution in [-0.2, 0) is 17.9 Å². The van der Waals surface area contributed by atoms with Crippen LogP contribution in [0.2, 0.25) is 0 Å². The number of rotatable bonds is 8. The van der Waals surface area contributed by atoms with Gasteiger partial charge in [0.25, 0.3) is 5.91 Å². The zero-order valence-electron chi connectivity index (χ0n) is 17.3. The van der Waals surface area contributed by atoms with Crippen LogP contribution in [0.3, 0.4) is 0 Å². The van der Waals surface area contributed by atoms with Crippen molar-refractivity contribution >= 4 is 5.91 Å². The van der Waals surface area contributed by atoms with E-state index < -0.39 is 6.10 Å². The van der Waals surface area contributed by atoms with Crippen molar-refractivity contribution in [1.82, 2.24) is 10.2 Å². The van der Waals surface area contributed by atoms with Crippen molar-refractivity contribution < 1.29 is 9.53 Å². The molecule has 1 amide bonds. The highest BCUT2D eigenvalue weighted by Gasteiger charge is 2.18. The van der Waals surface area contributed by atoms with Gasteiger partial charge in [-0.05, 0) is 80.6 Å². The Balaban J connectivity index is 1.55. The van der Waals surface area contributed by atoms with Crippen LogP contribution in [0.1, 0.15) is 48.4 Å². The number of benzene rings is 2. The molecule has 1 saturated heterocycles. The molecule has 0 radical (unpaired) electrons. The minimum atomic E-state index is -0.478. The van der Waals surface area contributed by atoms with Crippen LogP contribution in [-0.4, -0.2) is 30.0 Å². The van der Waals surface area contributed by atoms with Crippen LogP contribution < -0.4 is 10.1 Å². The molecule has 2 aromatic rings. The fraction of sp³-hybridized carbons (Fsp3) is 0.458. The Hall–Kier alpha value is -2.33. The Bertz CT molecular complexity index is 777. The van der Waals surface area contributed by atoms with Gasteiger partial charge in [0.1, 0.15) is 5.75 Å². The second kappa shape index (κ2) is 9.74. The molecule has 0 saturated carbocycles. The molecule has 1 N–H and O–H groups in total. The highest BCUT2D eigenvalue weighted by atomic mass is 16.5. The van der Waals surface area contributed by atoms with Crippen molar-refractivity contribution in [3.05, 3.63) is 64.7 Å². The second-order valence-electron chi connectivity index (χ2n) is 7.86. The van der Waals surface area contributed by atoms with Gasteiger partial charge in [0.15, 0.2) is 6.10 Å². The predicted molar refractivity (Wildman–Crippen MR) is 113 cm³/mol. The van der Waals surface area contributed by atoms with E-state index in [1.54, 1.807) is 0 Å². The van der Waals surface area contributed by atoms with Crippen molar-refractivity contribution in [3.63, 3.8) is 0 Å². The normalized spacial score (nSPS) is 15.4. The Morgan fingerprint density at radius 1 is 1.07 bits per heavy atom. The summed E-state index contributed by atoms with van der Waals surface area (Å²) in [4.78, 5) is 15.1. The highest BCUT2D eigenvalue weighted by Crippen LogP contribution is 2.19. The summed E-state index contributed by atoms with van der Waals surface area (Å²) >= 11 is 0. The lowest BCUT2D eigenvalue weighted by Gasteiger charge is -2.18. The maximum atomic E-state index is 12.6. The molecule has 0 spiro atoms. The first-order valence-corrected chi connectivity index (χ1v) is 10.4. The third kappa shape index (κ3) is 5.83. The molecular formula is C24H32N2O2. The van der Waals surface area contributed by atoms with E-state index in [4.69, 9.17) is 4.74 Å². The second-order valence-corrected chi connectivity index (χ2v) is 7.86. The molecule has 3 rings (SSSR count). The van der Waals surface area contributed by atoms with Gasteiger partial charge in [-0.25, -0.2) is 0 Å². The number of nitrogens with zero attached hydrogens (tertiary/aromatic N) is 1. The number of ether oxygens (including phenoxy) is 1. The average Bonchev–Trinajstić information content (AvgIpc) is 3.16. The van der Waals surface area contributed by atoms with Crippen LogP contribution in [0.15, 0.2) is 42.5 Å². The number of hydrogen-bond donors (Lipinski definition) is 1. The van der Waals surface area contributed by atoms with E-state index in [0.717, 1.165) is 29.0 Å². The fourth-order valence-electron chi connectivity index (χ4n) is 3.83. The van der Waals surface area contributed by atoms with E-state index in [-0.39, 0.29) is 5.91 Å².